The molecule has 122 valence electrons. The van der Waals surface area contributed by atoms with Gasteiger partial charge in [-0.15, -0.1) is 0 Å². The van der Waals surface area contributed by atoms with E-state index in [1.165, 1.54) is 7.11 Å². The lowest BCUT2D eigenvalue weighted by Crippen LogP contribution is -2.48. The van der Waals surface area contributed by atoms with E-state index < -0.39 is 16.9 Å². The highest BCUT2D eigenvalue weighted by Gasteiger charge is 2.39. The summed E-state index contributed by atoms with van der Waals surface area (Å²) in [6, 6.07) is 9.93. The second kappa shape index (κ2) is 6.50. The van der Waals surface area contributed by atoms with Gasteiger partial charge in [0.1, 0.15) is 0 Å². The van der Waals surface area contributed by atoms with E-state index in [2.05, 4.69) is 0 Å². The first kappa shape index (κ1) is 17.2. The van der Waals surface area contributed by atoms with Crippen LogP contribution in [0.2, 0.25) is 0 Å². The fourth-order valence-corrected chi connectivity index (χ4v) is 2.62. The zero-order valence-corrected chi connectivity index (χ0v) is 13.8. The molecule has 1 unspecified atom stereocenters. The maximum Gasteiger partial charge on any atom is 0.311 e. The maximum atomic E-state index is 12.6. The fourth-order valence-electron chi connectivity index (χ4n) is 2.62. The summed E-state index contributed by atoms with van der Waals surface area (Å²) >= 11 is 0. The molecule has 0 saturated carbocycles. The Labute approximate surface area is 137 Å². The predicted molar refractivity (Wildman–Crippen MR) is 90.5 cm³/mol. The van der Waals surface area contributed by atoms with Crippen LogP contribution in [0.15, 0.2) is 48.6 Å². The average Bonchev–Trinajstić information content (AvgIpc) is 2.55. The molecule has 2 N–H and O–H groups in total. The number of hydrogen-bond donors (Lipinski definition) is 1. The molecule has 1 aromatic carbocycles. The third kappa shape index (κ3) is 3.77. The Morgan fingerprint density at radius 1 is 1.26 bits per heavy atom. The van der Waals surface area contributed by atoms with Crippen molar-refractivity contribution in [2.45, 2.75) is 32.2 Å². The van der Waals surface area contributed by atoms with Gasteiger partial charge in [-0.2, -0.15) is 0 Å². The molecular formula is C19H23NO3. The SMILES string of the molecule is COC(=O)C(C)(C)CC(=O)C1(N)C=CC(c2ccccc2)=CC1. The van der Waals surface area contributed by atoms with Crippen molar-refractivity contribution in [3.63, 3.8) is 0 Å². The minimum atomic E-state index is -1.07. The number of methoxy groups -OCH3 is 1. The number of ketones is 1. The van der Waals surface area contributed by atoms with Crippen molar-refractivity contribution >= 4 is 17.3 Å². The van der Waals surface area contributed by atoms with Crippen LogP contribution < -0.4 is 5.73 Å². The number of ether oxygens (including phenoxy) is 1. The number of benzene rings is 1. The number of Topliss-reactive ketones (excluding diaryl/α,β-unsaturated/α-hetero) is 1. The topological polar surface area (TPSA) is 69.4 Å². The third-order valence-corrected chi connectivity index (χ3v) is 4.19. The molecule has 0 radical (unpaired) electrons. The second-order valence-electron chi connectivity index (χ2n) is 6.58. The van der Waals surface area contributed by atoms with E-state index >= 15 is 0 Å². The number of carbonyl (C=O) groups excluding carboxylic acids is 2. The Balaban J connectivity index is 2.11. The van der Waals surface area contributed by atoms with Crippen molar-refractivity contribution in [2.75, 3.05) is 7.11 Å². The van der Waals surface area contributed by atoms with E-state index in [0.717, 1.165) is 11.1 Å². The quantitative estimate of drug-likeness (QED) is 0.849. The molecule has 0 spiro atoms. The summed E-state index contributed by atoms with van der Waals surface area (Å²) in [6.07, 6.45) is 6.06. The van der Waals surface area contributed by atoms with E-state index in [9.17, 15) is 9.59 Å². The number of carbonyl (C=O) groups is 2. The van der Waals surface area contributed by atoms with E-state index in [-0.39, 0.29) is 12.2 Å². The molecular weight excluding hydrogens is 290 g/mol. The van der Waals surface area contributed by atoms with Crippen LogP contribution in [0.1, 0.15) is 32.3 Å². The molecule has 1 aliphatic carbocycles. The van der Waals surface area contributed by atoms with Crippen LogP contribution in [0.25, 0.3) is 5.57 Å². The fraction of sp³-hybridized carbons (Fsp3) is 0.368. The van der Waals surface area contributed by atoms with Gasteiger partial charge in [0, 0.05) is 6.42 Å². The summed E-state index contributed by atoms with van der Waals surface area (Å²) in [5.41, 5.74) is 6.45. The summed E-state index contributed by atoms with van der Waals surface area (Å²) in [7, 11) is 1.32. The summed E-state index contributed by atoms with van der Waals surface area (Å²) in [5, 5.41) is 0. The average molecular weight is 313 g/mol. The second-order valence-corrected chi connectivity index (χ2v) is 6.58. The Bertz CT molecular complexity index is 658. The van der Waals surface area contributed by atoms with Crippen molar-refractivity contribution < 1.29 is 14.3 Å². The molecule has 0 fully saturated rings. The number of esters is 1. The molecule has 0 aromatic heterocycles. The standard InChI is InChI=1S/C19H23NO3/c1-18(2,17(22)23-3)13-16(21)19(20)11-9-15(10-12-19)14-7-5-4-6-8-14/h4-11H,12-13,20H2,1-3H3. The highest BCUT2D eigenvalue weighted by molar-refractivity contribution is 5.96. The summed E-state index contributed by atoms with van der Waals surface area (Å²) in [4.78, 5) is 24.3. The summed E-state index contributed by atoms with van der Waals surface area (Å²) in [5.74, 6) is -0.567. The smallest absolute Gasteiger partial charge is 0.311 e. The Kier molecular flexibility index (Phi) is 4.85. The van der Waals surface area contributed by atoms with Crippen LogP contribution in [0.5, 0.6) is 0 Å². The molecule has 4 heteroatoms. The number of allylic oxidation sites excluding steroid dienone is 2. The Hall–Kier alpha value is -2.20. The predicted octanol–water partition coefficient (Wildman–Crippen LogP) is 2.89. The van der Waals surface area contributed by atoms with E-state index in [1.807, 2.05) is 42.5 Å². The van der Waals surface area contributed by atoms with Gasteiger partial charge in [-0.1, -0.05) is 48.6 Å². The molecule has 1 aromatic rings. The van der Waals surface area contributed by atoms with Gasteiger partial charge in [0.05, 0.1) is 18.1 Å². The molecule has 0 bridgehead atoms. The molecule has 0 amide bonds. The lowest BCUT2D eigenvalue weighted by molar-refractivity contribution is -0.153. The van der Waals surface area contributed by atoms with Crippen molar-refractivity contribution in [2.24, 2.45) is 11.1 Å². The first-order chi connectivity index (χ1) is 10.8. The lowest BCUT2D eigenvalue weighted by Gasteiger charge is -2.30. The van der Waals surface area contributed by atoms with Gasteiger partial charge in [0.15, 0.2) is 5.78 Å². The Morgan fingerprint density at radius 3 is 2.43 bits per heavy atom. The van der Waals surface area contributed by atoms with Gasteiger partial charge >= 0.3 is 5.97 Å². The zero-order chi connectivity index (χ0) is 17.1. The van der Waals surface area contributed by atoms with E-state index in [1.54, 1.807) is 19.9 Å². The summed E-state index contributed by atoms with van der Waals surface area (Å²) < 4.78 is 4.75. The minimum Gasteiger partial charge on any atom is -0.469 e. The highest BCUT2D eigenvalue weighted by atomic mass is 16.5. The molecule has 1 aliphatic rings. The van der Waals surface area contributed by atoms with E-state index in [0.29, 0.717) is 6.42 Å². The van der Waals surface area contributed by atoms with E-state index in [4.69, 9.17) is 10.5 Å². The van der Waals surface area contributed by atoms with Gasteiger partial charge in [-0.3, -0.25) is 9.59 Å². The molecule has 4 nitrogen and oxygen atoms in total. The monoisotopic (exact) mass is 313 g/mol. The van der Waals surface area contributed by atoms with Crippen LogP contribution in [0.3, 0.4) is 0 Å². The van der Waals surface area contributed by atoms with Crippen LogP contribution >= 0.6 is 0 Å². The lowest BCUT2D eigenvalue weighted by atomic mass is 9.77. The first-order valence-electron chi connectivity index (χ1n) is 7.64. The largest absolute Gasteiger partial charge is 0.469 e. The number of hydrogen-bond acceptors (Lipinski definition) is 4. The zero-order valence-electron chi connectivity index (χ0n) is 13.8. The maximum absolute atomic E-state index is 12.6. The van der Waals surface area contributed by atoms with Crippen molar-refractivity contribution in [3.05, 3.63) is 54.1 Å². The van der Waals surface area contributed by atoms with Gasteiger partial charge in [-0.05, 0) is 31.4 Å². The van der Waals surface area contributed by atoms with Crippen molar-refractivity contribution in [3.8, 4) is 0 Å². The molecule has 0 aliphatic heterocycles. The van der Waals surface area contributed by atoms with Gasteiger partial charge < -0.3 is 10.5 Å². The van der Waals surface area contributed by atoms with Crippen molar-refractivity contribution in [1.82, 2.24) is 0 Å². The molecule has 1 atom stereocenters. The normalized spacial score (nSPS) is 20.8. The highest BCUT2D eigenvalue weighted by Crippen LogP contribution is 2.30. The van der Waals surface area contributed by atoms with Gasteiger partial charge in [-0.25, -0.2) is 0 Å². The van der Waals surface area contributed by atoms with Crippen LogP contribution in [0, 0.1) is 5.41 Å². The van der Waals surface area contributed by atoms with Crippen LogP contribution in [-0.2, 0) is 14.3 Å². The Morgan fingerprint density at radius 2 is 1.91 bits per heavy atom. The molecule has 0 heterocycles. The summed E-state index contributed by atoms with van der Waals surface area (Å²) in [6.45, 7) is 3.38. The van der Waals surface area contributed by atoms with Crippen LogP contribution in [-0.4, -0.2) is 24.4 Å². The third-order valence-electron chi connectivity index (χ3n) is 4.19. The first-order valence-corrected chi connectivity index (χ1v) is 7.64. The number of rotatable bonds is 5. The minimum absolute atomic E-state index is 0.0506. The number of nitrogens with two attached hydrogens (primary N) is 1. The molecule has 23 heavy (non-hydrogen) atoms. The van der Waals surface area contributed by atoms with Gasteiger partial charge in [0.2, 0.25) is 0 Å². The van der Waals surface area contributed by atoms with Crippen molar-refractivity contribution in [1.29, 1.82) is 0 Å². The van der Waals surface area contributed by atoms with Crippen LogP contribution in [0.4, 0.5) is 0 Å². The molecule has 2 rings (SSSR count). The van der Waals surface area contributed by atoms with Gasteiger partial charge in [0.25, 0.3) is 0 Å². The molecule has 0 saturated heterocycles.